The zero-order chi connectivity index (χ0) is 27.1. The van der Waals surface area contributed by atoms with Crippen molar-refractivity contribution in [2.45, 2.75) is 13.8 Å². The molecule has 2 aromatic rings. The summed E-state index contributed by atoms with van der Waals surface area (Å²) < 4.78 is 12.2. The van der Waals surface area contributed by atoms with Crippen molar-refractivity contribution in [2.24, 2.45) is 0 Å². The van der Waals surface area contributed by atoms with Crippen LogP contribution in [0.3, 0.4) is 0 Å². The molecular weight excluding hydrogens is 484 g/mol. The first-order valence-electron chi connectivity index (χ1n) is 10.8. The normalized spacial score (nSPS) is 8.72. The van der Waals surface area contributed by atoms with Crippen molar-refractivity contribution in [3.05, 3.63) is 111 Å². The molecule has 8 heteroatoms. The minimum atomic E-state index is -0.407. The summed E-state index contributed by atoms with van der Waals surface area (Å²) in [5.41, 5.74) is 2.31. The van der Waals surface area contributed by atoms with Crippen molar-refractivity contribution in [1.82, 2.24) is 4.90 Å². The zero-order valence-corrected chi connectivity index (χ0v) is 24.8. The van der Waals surface area contributed by atoms with Gasteiger partial charge >= 0.3 is 51.4 Å². The van der Waals surface area contributed by atoms with Crippen LogP contribution in [0, 0.1) is 19.7 Å². The Balaban J connectivity index is -0.000000483. The summed E-state index contributed by atoms with van der Waals surface area (Å²) in [4.78, 5) is 32.9. The third kappa shape index (κ3) is 18.9. The molecule has 0 aliphatic carbocycles. The standard InChI is InChI=1S/C14H16N2O.C7H4FO.C5H9NO.C2H6.K/c1-4-5-7-11(2)14(17)16-13-9-6-8-12(10-13)15-3;8-7-3-1-2-6(4-7)5-9;1-3-6(4-2)5-7;1-2;/h4-10,15H,1-2H2,3H3,(H,16,17);1-4H;5H,1-4H2;1-2H3;/q;-1;-2;;+1/b7-5-;;;;. The van der Waals surface area contributed by atoms with Gasteiger partial charge in [0.1, 0.15) is 0 Å². The molecule has 36 heavy (non-hydrogen) atoms. The molecule has 0 unspecified atom stereocenters. The van der Waals surface area contributed by atoms with Crippen LogP contribution in [0.1, 0.15) is 19.4 Å². The first kappa shape index (κ1) is 38.2. The van der Waals surface area contributed by atoms with Gasteiger partial charge in [-0.05, 0) is 18.2 Å². The monoisotopic (exact) mass is 519 g/mol. The van der Waals surface area contributed by atoms with Crippen LogP contribution in [0.5, 0.6) is 0 Å². The van der Waals surface area contributed by atoms with Gasteiger partial charge < -0.3 is 34.2 Å². The summed E-state index contributed by atoms with van der Waals surface area (Å²) in [6.07, 6.45) is 7.20. The van der Waals surface area contributed by atoms with E-state index in [0.29, 0.717) is 18.7 Å². The van der Waals surface area contributed by atoms with E-state index in [1.807, 2.05) is 45.2 Å². The smallest absolute Gasteiger partial charge is 0.405 e. The van der Waals surface area contributed by atoms with Gasteiger partial charge in [0.25, 0.3) is 5.91 Å². The molecule has 2 N–H and O–H groups in total. The number of anilines is 2. The van der Waals surface area contributed by atoms with Crippen LogP contribution < -0.4 is 62.0 Å². The van der Waals surface area contributed by atoms with E-state index in [2.05, 4.69) is 37.6 Å². The third-order valence-electron chi connectivity index (χ3n) is 3.80. The average Bonchev–Trinajstić information content (AvgIpc) is 2.90. The van der Waals surface area contributed by atoms with Crippen LogP contribution >= 0.6 is 0 Å². The second-order valence-corrected chi connectivity index (χ2v) is 6.16. The molecule has 0 aliphatic heterocycles. The number of benzene rings is 2. The van der Waals surface area contributed by atoms with Crippen LogP contribution in [0.15, 0.2) is 85.5 Å². The zero-order valence-electron chi connectivity index (χ0n) is 21.7. The molecule has 0 saturated carbocycles. The number of hydrogen-bond donors (Lipinski definition) is 2. The van der Waals surface area contributed by atoms with Crippen molar-refractivity contribution >= 4 is 30.0 Å². The van der Waals surface area contributed by atoms with E-state index in [4.69, 9.17) is 0 Å². The number of halogens is 1. The van der Waals surface area contributed by atoms with E-state index < -0.39 is 5.82 Å². The number of nitrogens with one attached hydrogen (secondary N) is 2. The van der Waals surface area contributed by atoms with Crippen molar-refractivity contribution < 1.29 is 70.2 Å². The number of allylic oxidation sites excluding steroid dienone is 2. The SMILES string of the molecule is C=C/C=C\C(=C)C(=O)Nc1cccc(NC)c1.CC.O=[C-]c1cccc(F)c1.[CH2-]CN(C=O)C[CH2-].[K+]. The molecule has 2 aromatic carbocycles. The Morgan fingerprint density at radius 2 is 1.69 bits per heavy atom. The van der Waals surface area contributed by atoms with E-state index in [-0.39, 0.29) is 62.9 Å². The van der Waals surface area contributed by atoms with E-state index in [1.54, 1.807) is 24.5 Å². The van der Waals surface area contributed by atoms with Crippen LogP contribution in [-0.2, 0) is 14.4 Å². The number of amides is 2. The summed E-state index contributed by atoms with van der Waals surface area (Å²) in [7, 11) is 1.83. The van der Waals surface area contributed by atoms with Gasteiger partial charge in [0.05, 0.1) is 12.1 Å². The number of carbonyl (C=O) groups is 2. The molecule has 0 radical (unpaired) electrons. The topological polar surface area (TPSA) is 78.5 Å². The van der Waals surface area contributed by atoms with Crippen molar-refractivity contribution in [3.8, 4) is 0 Å². The maximum Gasteiger partial charge on any atom is 1.00 e. The first-order chi connectivity index (χ1) is 16.8. The molecular formula is C28H35FKN3O3-2. The largest absolute Gasteiger partial charge is 1.00 e. The van der Waals surface area contributed by atoms with Crippen LogP contribution in [-0.4, -0.2) is 43.6 Å². The molecule has 0 saturated heterocycles. The maximum atomic E-state index is 12.2. The van der Waals surface area contributed by atoms with Gasteiger partial charge in [-0.2, -0.15) is 6.07 Å². The second kappa shape index (κ2) is 25.7. The molecule has 2 rings (SSSR count). The summed E-state index contributed by atoms with van der Waals surface area (Å²) in [5.74, 6) is -0.632. The Morgan fingerprint density at radius 3 is 2.11 bits per heavy atom. The van der Waals surface area contributed by atoms with E-state index in [1.165, 1.54) is 23.1 Å². The van der Waals surface area contributed by atoms with E-state index in [9.17, 15) is 18.8 Å². The minimum Gasteiger partial charge on any atom is -0.405 e. The fraction of sp³-hybridized carbons (Fsp3) is 0.179. The molecule has 0 bridgehead atoms. The van der Waals surface area contributed by atoms with Gasteiger partial charge in [0, 0.05) is 24.0 Å². The quantitative estimate of drug-likeness (QED) is 0.175. The molecule has 0 heterocycles. The van der Waals surface area contributed by atoms with E-state index >= 15 is 0 Å². The Kier molecular flexibility index (Phi) is 27.3. The Hall–Kier alpha value is -2.36. The molecule has 0 spiro atoms. The molecule has 6 nitrogen and oxygen atoms in total. The number of hydrogen-bond acceptors (Lipinski definition) is 4. The summed E-state index contributed by atoms with van der Waals surface area (Å²) >= 11 is 0. The average molecular weight is 520 g/mol. The Morgan fingerprint density at radius 1 is 1.11 bits per heavy atom. The Labute approximate surface area is 258 Å². The molecule has 190 valence electrons. The molecule has 0 fully saturated rings. The van der Waals surface area contributed by atoms with Gasteiger partial charge in [-0.25, -0.2) is 4.39 Å². The molecule has 0 atom stereocenters. The summed E-state index contributed by atoms with van der Waals surface area (Å²) in [6, 6.07) is 12.8. The molecule has 0 aliphatic rings. The molecule has 0 aromatic heterocycles. The summed E-state index contributed by atoms with van der Waals surface area (Å²) in [5, 5.41) is 5.76. The number of nitrogens with zero attached hydrogens (tertiary/aromatic N) is 1. The fourth-order valence-corrected chi connectivity index (χ4v) is 1.99. The van der Waals surface area contributed by atoms with Gasteiger partial charge in [-0.3, -0.25) is 9.59 Å². The van der Waals surface area contributed by atoms with Gasteiger partial charge in [0.2, 0.25) is 6.41 Å². The predicted octanol–water partition coefficient (Wildman–Crippen LogP) is 2.39. The minimum absolute atomic E-state index is 0. The summed E-state index contributed by atoms with van der Waals surface area (Å²) in [6.45, 7) is 19.2. The first-order valence-corrected chi connectivity index (χ1v) is 10.8. The van der Waals surface area contributed by atoms with Crippen LogP contribution in [0.25, 0.3) is 0 Å². The van der Waals surface area contributed by atoms with Crippen molar-refractivity contribution in [1.29, 1.82) is 0 Å². The molecule has 2 amide bonds. The third-order valence-corrected chi connectivity index (χ3v) is 3.80. The second-order valence-electron chi connectivity index (χ2n) is 6.16. The van der Waals surface area contributed by atoms with Gasteiger partial charge in [-0.1, -0.05) is 57.4 Å². The van der Waals surface area contributed by atoms with Gasteiger partial charge in [-0.15, -0.1) is 30.8 Å². The fourth-order valence-electron chi connectivity index (χ4n) is 1.99. The number of carbonyl (C=O) groups excluding carboxylic acids is 3. The van der Waals surface area contributed by atoms with Crippen molar-refractivity contribution in [2.75, 3.05) is 30.8 Å². The van der Waals surface area contributed by atoms with E-state index in [0.717, 1.165) is 23.9 Å². The number of rotatable bonds is 9. The van der Waals surface area contributed by atoms with Crippen LogP contribution in [0.2, 0.25) is 0 Å². The maximum absolute atomic E-state index is 12.2. The predicted molar refractivity (Wildman–Crippen MR) is 144 cm³/mol. The van der Waals surface area contributed by atoms with Crippen LogP contribution in [0.4, 0.5) is 15.8 Å². The van der Waals surface area contributed by atoms with Crippen molar-refractivity contribution in [3.63, 3.8) is 0 Å². The van der Waals surface area contributed by atoms with Gasteiger partial charge in [0.15, 0.2) is 0 Å². The Bertz CT molecular complexity index is 945.